The van der Waals surface area contributed by atoms with E-state index in [2.05, 4.69) is 31.2 Å². The first-order valence-corrected chi connectivity index (χ1v) is 10.8. The van der Waals surface area contributed by atoms with Gasteiger partial charge in [0.25, 0.3) is 5.91 Å². The summed E-state index contributed by atoms with van der Waals surface area (Å²) in [6.45, 7) is 0. The Bertz CT molecular complexity index is 1520. The molecule has 0 spiro atoms. The van der Waals surface area contributed by atoms with E-state index in [-0.39, 0.29) is 17.3 Å². The fourth-order valence-electron chi connectivity index (χ4n) is 3.56. The number of methoxy groups -OCH3 is 1. The quantitative estimate of drug-likeness (QED) is 0.266. The first-order chi connectivity index (χ1) is 17.6. The molecule has 0 aliphatic heterocycles. The van der Waals surface area contributed by atoms with Gasteiger partial charge in [0.15, 0.2) is 5.69 Å². The molecule has 0 aliphatic rings. The van der Waals surface area contributed by atoms with Gasteiger partial charge in [-0.2, -0.15) is 9.78 Å². The largest absolute Gasteiger partial charge is 0.497 e. The summed E-state index contributed by atoms with van der Waals surface area (Å²) in [5.41, 5.74) is 12.3. The molecule has 0 saturated carbocycles. The number of amides is 1. The second-order valence-electron chi connectivity index (χ2n) is 7.59. The third kappa shape index (κ3) is 4.53. The zero-order chi connectivity index (χ0) is 24.9. The molecule has 3 N–H and O–H groups in total. The summed E-state index contributed by atoms with van der Waals surface area (Å²) >= 11 is 0. The van der Waals surface area contributed by atoms with Gasteiger partial charge in [-0.25, -0.2) is 10.1 Å². The lowest BCUT2D eigenvalue weighted by Gasteiger charge is -2.07. The van der Waals surface area contributed by atoms with Gasteiger partial charge in [0.05, 0.1) is 13.3 Å². The molecule has 1 amide bonds. The first-order valence-electron chi connectivity index (χ1n) is 10.8. The van der Waals surface area contributed by atoms with Gasteiger partial charge in [0.1, 0.15) is 11.4 Å². The fraction of sp³-hybridized carbons (Fsp3) is 0.0400. The van der Waals surface area contributed by atoms with Crippen LogP contribution in [0, 0.1) is 0 Å². The predicted octanol–water partition coefficient (Wildman–Crippen LogP) is 3.34. The number of nitrogen functional groups attached to an aromatic ring is 1. The highest BCUT2D eigenvalue weighted by molar-refractivity contribution is 5.99. The molecule has 0 unspecified atom stereocenters. The van der Waals surface area contributed by atoms with E-state index in [4.69, 9.17) is 15.1 Å². The van der Waals surface area contributed by atoms with Crippen LogP contribution in [0.1, 0.15) is 16.1 Å². The minimum atomic E-state index is -0.578. The summed E-state index contributed by atoms with van der Waals surface area (Å²) in [5, 5.41) is 19.5. The number of carbonyl (C=O) groups is 1. The highest BCUT2D eigenvalue weighted by atomic mass is 16.6. The Kier molecular flexibility index (Phi) is 6.17. The van der Waals surface area contributed by atoms with Crippen LogP contribution in [0.4, 0.5) is 5.82 Å². The van der Waals surface area contributed by atoms with Crippen LogP contribution in [0.3, 0.4) is 0 Å². The van der Waals surface area contributed by atoms with Crippen LogP contribution in [0.15, 0.2) is 88.6 Å². The molecule has 0 radical (unpaired) electrons. The minimum Gasteiger partial charge on any atom is -0.497 e. The number of hydrogen-bond acceptors (Lipinski definition) is 9. The van der Waals surface area contributed by atoms with E-state index in [1.807, 2.05) is 54.6 Å². The minimum absolute atomic E-state index is 0.00206. The number of nitrogens with one attached hydrogen (secondary N) is 1. The zero-order valence-corrected chi connectivity index (χ0v) is 19.1. The third-order valence-electron chi connectivity index (χ3n) is 5.32. The summed E-state index contributed by atoms with van der Waals surface area (Å²) in [5.74, 6) is 0.0930. The van der Waals surface area contributed by atoms with Crippen LogP contribution < -0.4 is 15.9 Å². The molecule has 0 aliphatic carbocycles. The summed E-state index contributed by atoms with van der Waals surface area (Å²) < 4.78 is 11.3. The molecule has 0 fully saturated rings. The number of hydrogen-bond donors (Lipinski definition) is 2. The Morgan fingerprint density at radius 2 is 1.75 bits per heavy atom. The van der Waals surface area contributed by atoms with Gasteiger partial charge in [0.2, 0.25) is 11.6 Å². The smallest absolute Gasteiger partial charge is 0.294 e. The van der Waals surface area contributed by atoms with E-state index in [0.717, 1.165) is 16.7 Å². The number of carbonyl (C=O) groups excluding carboxylic acids is 1. The number of benzene rings is 3. The van der Waals surface area contributed by atoms with Crippen LogP contribution in [0.25, 0.3) is 28.2 Å². The highest BCUT2D eigenvalue weighted by Gasteiger charge is 2.25. The lowest BCUT2D eigenvalue weighted by atomic mass is 10.0. The number of rotatable bonds is 7. The molecular weight excluding hydrogens is 460 g/mol. The molecule has 11 heteroatoms. The van der Waals surface area contributed by atoms with Crippen molar-refractivity contribution in [3.63, 3.8) is 0 Å². The van der Waals surface area contributed by atoms with Crippen LogP contribution in [-0.4, -0.2) is 44.5 Å². The molecule has 3 aromatic carbocycles. The Balaban J connectivity index is 1.40. The van der Waals surface area contributed by atoms with Gasteiger partial charge in [-0.1, -0.05) is 71.9 Å². The Morgan fingerprint density at radius 1 is 1.00 bits per heavy atom. The normalized spacial score (nSPS) is 11.0. The number of hydrazone groups is 1. The summed E-state index contributed by atoms with van der Waals surface area (Å²) in [6.07, 6.45) is 1.54. The molecule has 2 heterocycles. The molecule has 0 atom stereocenters. The molecule has 0 bridgehead atoms. The van der Waals surface area contributed by atoms with E-state index >= 15 is 0 Å². The maximum atomic E-state index is 13.0. The van der Waals surface area contributed by atoms with Crippen molar-refractivity contribution in [1.82, 2.24) is 30.7 Å². The lowest BCUT2D eigenvalue weighted by molar-refractivity contribution is 0.0950. The molecular formula is C25H20N8O3. The summed E-state index contributed by atoms with van der Waals surface area (Å²) in [4.78, 5) is 13.0. The van der Waals surface area contributed by atoms with Crippen LogP contribution in [-0.2, 0) is 0 Å². The Morgan fingerprint density at radius 3 is 2.47 bits per heavy atom. The lowest BCUT2D eigenvalue weighted by Crippen LogP contribution is -2.19. The standard InChI is InChI=1S/C25H20N8O3/c1-35-20-9-5-8-19(14-20)22-21(28-32-33(22)24-23(26)30-36-31-24)25(34)29-27-15-16-10-12-18(13-11-16)17-6-3-2-4-7-17/h2-15H,1H3,(H2,26,30)(H,29,34)/b27-15+. The van der Waals surface area contributed by atoms with Gasteiger partial charge in [-0.3, -0.25) is 4.79 Å². The number of aromatic nitrogens is 5. The van der Waals surface area contributed by atoms with Gasteiger partial charge in [-0.05, 0) is 39.1 Å². The van der Waals surface area contributed by atoms with E-state index in [9.17, 15) is 4.79 Å². The second-order valence-corrected chi connectivity index (χ2v) is 7.59. The van der Waals surface area contributed by atoms with Gasteiger partial charge in [0, 0.05) is 5.56 Å². The number of anilines is 1. The van der Waals surface area contributed by atoms with E-state index in [1.54, 1.807) is 37.6 Å². The van der Waals surface area contributed by atoms with Crippen molar-refractivity contribution in [3.8, 4) is 34.0 Å². The zero-order valence-electron chi connectivity index (χ0n) is 19.1. The average molecular weight is 480 g/mol. The first kappa shape index (κ1) is 22.5. The van der Waals surface area contributed by atoms with Crippen molar-refractivity contribution in [3.05, 3.63) is 90.1 Å². The summed E-state index contributed by atoms with van der Waals surface area (Å²) in [6, 6.07) is 24.9. The highest BCUT2D eigenvalue weighted by Crippen LogP contribution is 2.29. The second kappa shape index (κ2) is 9.89. The van der Waals surface area contributed by atoms with Crippen LogP contribution in [0.2, 0.25) is 0 Å². The van der Waals surface area contributed by atoms with Crippen molar-refractivity contribution >= 4 is 17.9 Å². The molecule has 2 aromatic heterocycles. The predicted molar refractivity (Wildman–Crippen MR) is 133 cm³/mol. The van der Waals surface area contributed by atoms with E-state index in [0.29, 0.717) is 17.0 Å². The summed E-state index contributed by atoms with van der Waals surface area (Å²) in [7, 11) is 1.54. The van der Waals surface area contributed by atoms with E-state index in [1.165, 1.54) is 4.68 Å². The van der Waals surface area contributed by atoms with Crippen molar-refractivity contribution in [1.29, 1.82) is 0 Å². The van der Waals surface area contributed by atoms with Gasteiger partial charge in [-0.15, -0.1) is 5.10 Å². The fourth-order valence-corrected chi connectivity index (χ4v) is 3.56. The maximum Gasteiger partial charge on any atom is 0.294 e. The van der Waals surface area contributed by atoms with Crippen molar-refractivity contribution < 1.29 is 14.2 Å². The molecule has 11 nitrogen and oxygen atoms in total. The van der Waals surface area contributed by atoms with Gasteiger partial charge >= 0.3 is 0 Å². The Labute approximate surface area is 205 Å². The Hall–Kier alpha value is -5.32. The topological polar surface area (TPSA) is 146 Å². The maximum absolute atomic E-state index is 13.0. The third-order valence-corrected chi connectivity index (χ3v) is 5.32. The average Bonchev–Trinajstić information content (AvgIpc) is 3.55. The van der Waals surface area contributed by atoms with Gasteiger partial charge < -0.3 is 10.5 Å². The number of nitrogens with two attached hydrogens (primary N) is 1. The monoisotopic (exact) mass is 480 g/mol. The van der Waals surface area contributed by atoms with Crippen molar-refractivity contribution in [2.75, 3.05) is 12.8 Å². The number of ether oxygens (including phenoxy) is 1. The number of nitrogens with zero attached hydrogens (tertiary/aromatic N) is 6. The van der Waals surface area contributed by atoms with E-state index < -0.39 is 5.91 Å². The molecule has 5 aromatic rings. The van der Waals surface area contributed by atoms with Crippen LogP contribution in [0.5, 0.6) is 5.75 Å². The van der Waals surface area contributed by atoms with Crippen LogP contribution >= 0.6 is 0 Å². The molecule has 0 saturated heterocycles. The SMILES string of the molecule is COc1cccc(-c2c(C(=O)N/N=C/c3ccc(-c4ccccc4)cc3)nnn2-c2nonc2N)c1. The van der Waals surface area contributed by atoms with Crippen molar-refractivity contribution in [2.24, 2.45) is 5.10 Å². The molecule has 5 rings (SSSR count). The van der Waals surface area contributed by atoms with Crippen molar-refractivity contribution in [2.45, 2.75) is 0 Å². The molecule has 36 heavy (non-hydrogen) atoms. The molecule has 178 valence electrons.